The zero-order valence-electron chi connectivity index (χ0n) is 9.90. The molecule has 90 valence electrons. The second-order valence-electron chi connectivity index (χ2n) is 3.85. The summed E-state index contributed by atoms with van der Waals surface area (Å²) in [6, 6.07) is 8.15. The van der Waals surface area contributed by atoms with Gasteiger partial charge in [-0.3, -0.25) is 0 Å². The Morgan fingerprint density at radius 2 is 2.06 bits per heavy atom. The second-order valence-corrected chi connectivity index (χ2v) is 5.35. The van der Waals surface area contributed by atoms with Crippen LogP contribution in [0.25, 0.3) is 10.6 Å². The number of rotatable bonds is 4. The monoisotopic (exact) mass is 266 g/mol. The predicted molar refractivity (Wildman–Crippen MR) is 74.7 cm³/mol. The molecule has 1 atom stereocenters. The van der Waals surface area contributed by atoms with E-state index < -0.39 is 0 Å². The van der Waals surface area contributed by atoms with Crippen LogP contribution in [0.4, 0.5) is 0 Å². The van der Waals surface area contributed by atoms with Crippen LogP contribution in [0.3, 0.4) is 0 Å². The quantitative estimate of drug-likeness (QED) is 0.900. The van der Waals surface area contributed by atoms with E-state index in [2.05, 4.69) is 24.1 Å². The van der Waals surface area contributed by atoms with E-state index in [-0.39, 0.29) is 0 Å². The number of hydrogen-bond acceptors (Lipinski definition) is 3. The average Bonchev–Trinajstić information content (AvgIpc) is 2.80. The summed E-state index contributed by atoms with van der Waals surface area (Å²) < 4.78 is 0. The van der Waals surface area contributed by atoms with E-state index in [4.69, 9.17) is 11.6 Å². The molecule has 0 aliphatic heterocycles. The molecule has 1 N–H and O–H groups in total. The van der Waals surface area contributed by atoms with E-state index in [1.165, 1.54) is 4.88 Å². The van der Waals surface area contributed by atoms with Gasteiger partial charge >= 0.3 is 0 Å². The molecule has 1 aromatic heterocycles. The molecule has 1 heterocycles. The summed E-state index contributed by atoms with van der Waals surface area (Å²) in [6.45, 7) is 5.23. The van der Waals surface area contributed by atoms with Crippen molar-refractivity contribution in [1.82, 2.24) is 10.3 Å². The van der Waals surface area contributed by atoms with Gasteiger partial charge in [-0.05, 0) is 25.6 Å². The lowest BCUT2D eigenvalue weighted by Crippen LogP contribution is -2.16. The summed E-state index contributed by atoms with van der Waals surface area (Å²) in [6.07, 6.45) is 1.95. The van der Waals surface area contributed by atoms with Gasteiger partial charge in [-0.25, -0.2) is 4.98 Å². The molecular formula is C13H15ClN2S. The van der Waals surface area contributed by atoms with Crippen LogP contribution >= 0.6 is 22.9 Å². The Morgan fingerprint density at radius 1 is 1.35 bits per heavy atom. The number of hydrogen-bond donors (Lipinski definition) is 1. The van der Waals surface area contributed by atoms with Gasteiger partial charge in [0.25, 0.3) is 0 Å². The van der Waals surface area contributed by atoms with E-state index in [1.54, 1.807) is 11.3 Å². The van der Waals surface area contributed by atoms with Gasteiger partial charge in [0.2, 0.25) is 0 Å². The van der Waals surface area contributed by atoms with Gasteiger partial charge in [-0.1, -0.05) is 30.7 Å². The first-order chi connectivity index (χ1) is 8.20. The second kappa shape index (κ2) is 5.63. The number of halogens is 1. The Labute approximate surface area is 111 Å². The van der Waals surface area contributed by atoms with E-state index in [0.29, 0.717) is 6.04 Å². The van der Waals surface area contributed by atoms with Gasteiger partial charge in [0.05, 0.1) is 0 Å². The highest BCUT2D eigenvalue weighted by Gasteiger charge is 2.09. The molecule has 0 radical (unpaired) electrons. The van der Waals surface area contributed by atoms with Crippen LogP contribution in [0, 0.1) is 0 Å². The molecule has 0 aliphatic rings. The van der Waals surface area contributed by atoms with Gasteiger partial charge in [-0.15, -0.1) is 11.3 Å². The van der Waals surface area contributed by atoms with E-state index in [9.17, 15) is 0 Å². The number of aromatic nitrogens is 1. The third-order valence-corrected chi connectivity index (χ3v) is 4.03. The highest BCUT2D eigenvalue weighted by Crippen LogP contribution is 2.29. The summed E-state index contributed by atoms with van der Waals surface area (Å²) in [5.74, 6) is 0. The summed E-state index contributed by atoms with van der Waals surface area (Å²) in [4.78, 5) is 5.72. The minimum Gasteiger partial charge on any atom is -0.310 e. The third-order valence-electron chi connectivity index (χ3n) is 2.55. The van der Waals surface area contributed by atoms with Crippen molar-refractivity contribution in [3.63, 3.8) is 0 Å². The lowest BCUT2D eigenvalue weighted by Gasteiger charge is -2.08. The molecule has 0 fully saturated rings. The molecule has 1 aromatic carbocycles. The maximum Gasteiger partial charge on any atom is 0.123 e. The molecule has 4 heteroatoms. The van der Waals surface area contributed by atoms with Crippen LogP contribution in [0.1, 0.15) is 24.8 Å². The van der Waals surface area contributed by atoms with Crippen molar-refractivity contribution in [1.29, 1.82) is 0 Å². The SMILES string of the molecule is CCNC(C)c1cnc(-c2ccc(Cl)cc2)s1. The van der Waals surface area contributed by atoms with Crippen LogP contribution in [0.15, 0.2) is 30.5 Å². The summed E-state index contributed by atoms with van der Waals surface area (Å²) in [5.41, 5.74) is 1.12. The Kier molecular flexibility index (Phi) is 4.15. The largest absolute Gasteiger partial charge is 0.310 e. The molecule has 0 bridgehead atoms. The van der Waals surface area contributed by atoms with Gasteiger partial charge in [0.1, 0.15) is 5.01 Å². The third kappa shape index (κ3) is 3.06. The normalized spacial score (nSPS) is 12.6. The lowest BCUT2D eigenvalue weighted by molar-refractivity contribution is 0.606. The van der Waals surface area contributed by atoms with E-state index >= 15 is 0 Å². The van der Waals surface area contributed by atoms with Crippen molar-refractivity contribution in [2.45, 2.75) is 19.9 Å². The Bertz CT molecular complexity index is 478. The standard InChI is InChI=1S/C13H15ClN2S/c1-3-15-9(2)12-8-16-13(17-12)10-4-6-11(14)7-5-10/h4-9,15H,3H2,1-2H3. The van der Waals surface area contributed by atoms with Gasteiger partial charge < -0.3 is 5.32 Å². The first-order valence-electron chi connectivity index (χ1n) is 5.65. The van der Waals surface area contributed by atoms with Crippen LogP contribution in [0.2, 0.25) is 5.02 Å². The lowest BCUT2D eigenvalue weighted by atomic mass is 10.2. The summed E-state index contributed by atoms with van der Waals surface area (Å²) >= 11 is 7.59. The summed E-state index contributed by atoms with van der Waals surface area (Å²) in [7, 11) is 0. The predicted octanol–water partition coefficient (Wildman–Crippen LogP) is 4.13. The molecule has 0 saturated carbocycles. The summed E-state index contributed by atoms with van der Waals surface area (Å²) in [5, 5.41) is 5.18. The molecule has 2 rings (SSSR count). The first kappa shape index (κ1) is 12.6. The number of nitrogens with one attached hydrogen (secondary N) is 1. The molecule has 17 heavy (non-hydrogen) atoms. The number of nitrogens with zero attached hydrogens (tertiary/aromatic N) is 1. The highest BCUT2D eigenvalue weighted by atomic mass is 35.5. The van der Waals surface area contributed by atoms with Crippen molar-refractivity contribution in [3.8, 4) is 10.6 Å². The molecular weight excluding hydrogens is 252 g/mol. The van der Waals surface area contributed by atoms with Gasteiger partial charge in [-0.2, -0.15) is 0 Å². The smallest absolute Gasteiger partial charge is 0.123 e. The van der Waals surface area contributed by atoms with Crippen molar-refractivity contribution < 1.29 is 0 Å². The fourth-order valence-electron chi connectivity index (χ4n) is 1.62. The zero-order chi connectivity index (χ0) is 12.3. The first-order valence-corrected chi connectivity index (χ1v) is 6.85. The van der Waals surface area contributed by atoms with Crippen LogP contribution in [-0.2, 0) is 0 Å². The molecule has 0 aliphatic carbocycles. The van der Waals surface area contributed by atoms with Crippen LogP contribution < -0.4 is 5.32 Å². The van der Waals surface area contributed by atoms with Crippen LogP contribution in [0.5, 0.6) is 0 Å². The van der Waals surface area contributed by atoms with Crippen LogP contribution in [-0.4, -0.2) is 11.5 Å². The minimum atomic E-state index is 0.360. The average molecular weight is 267 g/mol. The number of thiazole rings is 1. The van der Waals surface area contributed by atoms with Gasteiger partial charge in [0, 0.05) is 27.7 Å². The molecule has 2 aromatic rings. The van der Waals surface area contributed by atoms with E-state index in [1.807, 2.05) is 30.5 Å². The highest BCUT2D eigenvalue weighted by molar-refractivity contribution is 7.15. The maximum absolute atomic E-state index is 5.87. The minimum absolute atomic E-state index is 0.360. The molecule has 1 unspecified atom stereocenters. The molecule has 0 amide bonds. The number of benzene rings is 1. The van der Waals surface area contributed by atoms with Crippen molar-refractivity contribution in [3.05, 3.63) is 40.4 Å². The van der Waals surface area contributed by atoms with Gasteiger partial charge in [0.15, 0.2) is 0 Å². The molecule has 0 spiro atoms. The topological polar surface area (TPSA) is 24.9 Å². The van der Waals surface area contributed by atoms with Crippen molar-refractivity contribution in [2.24, 2.45) is 0 Å². The van der Waals surface area contributed by atoms with E-state index in [0.717, 1.165) is 22.1 Å². The Morgan fingerprint density at radius 3 is 2.71 bits per heavy atom. The molecule has 0 saturated heterocycles. The van der Waals surface area contributed by atoms with Crippen molar-refractivity contribution >= 4 is 22.9 Å². The fourth-order valence-corrected chi connectivity index (χ4v) is 2.69. The molecule has 2 nitrogen and oxygen atoms in total. The Balaban J connectivity index is 2.20. The Hall–Kier alpha value is -0.900. The zero-order valence-corrected chi connectivity index (χ0v) is 11.5. The maximum atomic E-state index is 5.87. The van der Waals surface area contributed by atoms with Crippen molar-refractivity contribution in [2.75, 3.05) is 6.54 Å². The fraction of sp³-hybridized carbons (Fsp3) is 0.308.